The van der Waals surface area contributed by atoms with Crippen LogP contribution in [0.5, 0.6) is 0 Å². The molecule has 12 heteroatoms. The molecule has 0 bridgehead atoms. The SMILES string of the molecule is CCOC(=O)C1=C(C)Nc2ncc(CN(C)Cc3ccccc3)n2C1c1cccc([N+](=O)[O-])c1.Cl.Cl.O. The van der Waals surface area contributed by atoms with E-state index >= 15 is 0 Å². The van der Waals surface area contributed by atoms with Gasteiger partial charge in [0.2, 0.25) is 5.95 Å². The first-order chi connectivity index (χ1) is 16.4. The number of hydrogen-bond acceptors (Lipinski definition) is 7. The molecule has 0 saturated carbocycles. The summed E-state index contributed by atoms with van der Waals surface area (Å²) in [6.45, 7) is 5.05. The third kappa shape index (κ3) is 6.86. The van der Waals surface area contributed by atoms with Gasteiger partial charge < -0.3 is 20.1 Å². The number of anilines is 1. The maximum Gasteiger partial charge on any atom is 0.338 e. The summed E-state index contributed by atoms with van der Waals surface area (Å²) in [5, 5.41) is 14.7. The Hall–Kier alpha value is -3.44. The van der Waals surface area contributed by atoms with Crippen LogP contribution in [0.2, 0.25) is 0 Å². The molecule has 0 aliphatic carbocycles. The zero-order valence-electron chi connectivity index (χ0n) is 20.7. The number of carbonyl (C=O) groups is 1. The van der Waals surface area contributed by atoms with Crippen LogP contribution in [0.15, 0.2) is 72.1 Å². The average molecular weight is 552 g/mol. The molecular weight excluding hydrogens is 521 g/mol. The van der Waals surface area contributed by atoms with E-state index in [-0.39, 0.29) is 42.6 Å². The quantitative estimate of drug-likeness (QED) is 0.250. The van der Waals surface area contributed by atoms with Crippen LogP contribution in [-0.4, -0.2) is 44.5 Å². The number of imidazole rings is 1. The average Bonchev–Trinajstić information content (AvgIpc) is 3.20. The number of nitro groups is 1. The first kappa shape index (κ1) is 31.6. The molecule has 1 aromatic heterocycles. The van der Waals surface area contributed by atoms with Gasteiger partial charge in [-0.15, -0.1) is 24.8 Å². The maximum absolute atomic E-state index is 13.0. The van der Waals surface area contributed by atoms with Crippen LogP contribution in [0.3, 0.4) is 0 Å². The molecule has 1 unspecified atom stereocenters. The van der Waals surface area contributed by atoms with Crippen LogP contribution in [0.1, 0.15) is 36.7 Å². The van der Waals surface area contributed by atoms with Crippen molar-refractivity contribution in [3.05, 3.63) is 99.0 Å². The number of rotatable bonds is 8. The van der Waals surface area contributed by atoms with Gasteiger partial charge in [0.15, 0.2) is 0 Å². The summed E-state index contributed by atoms with van der Waals surface area (Å²) < 4.78 is 7.29. The van der Waals surface area contributed by atoms with Crippen molar-refractivity contribution in [2.24, 2.45) is 0 Å². The normalized spacial score (nSPS) is 13.9. The number of ether oxygens (including phenoxy) is 1. The van der Waals surface area contributed by atoms with E-state index in [1.807, 2.05) is 29.8 Å². The number of non-ortho nitro benzene ring substituents is 1. The summed E-state index contributed by atoms with van der Waals surface area (Å²) in [6, 6.07) is 15.9. The van der Waals surface area contributed by atoms with Crippen molar-refractivity contribution in [3.8, 4) is 0 Å². The van der Waals surface area contributed by atoms with E-state index in [2.05, 4.69) is 27.3 Å². The summed E-state index contributed by atoms with van der Waals surface area (Å²) >= 11 is 0. The third-order valence-corrected chi connectivity index (χ3v) is 5.73. The lowest BCUT2D eigenvalue weighted by Crippen LogP contribution is -2.31. The zero-order valence-corrected chi connectivity index (χ0v) is 22.3. The maximum atomic E-state index is 13.0. The van der Waals surface area contributed by atoms with Crippen molar-refractivity contribution in [3.63, 3.8) is 0 Å². The molecule has 2 aromatic carbocycles. The molecule has 0 saturated heterocycles. The minimum absolute atomic E-state index is 0. The van der Waals surface area contributed by atoms with Crippen molar-refractivity contribution >= 4 is 42.4 Å². The number of allylic oxidation sites excluding steroid dienone is 1. The molecule has 10 nitrogen and oxygen atoms in total. The number of nitrogens with zero attached hydrogens (tertiary/aromatic N) is 4. The predicted molar refractivity (Wildman–Crippen MR) is 146 cm³/mol. The molecule has 2 heterocycles. The molecule has 4 rings (SSSR count). The van der Waals surface area contributed by atoms with Gasteiger partial charge >= 0.3 is 5.97 Å². The van der Waals surface area contributed by atoms with Crippen LogP contribution in [0, 0.1) is 10.1 Å². The number of aromatic nitrogens is 2. The Kier molecular flexibility index (Phi) is 11.7. The summed E-state index contributed by atoms with van der Waals surface area (Å²) in [4.78, 5) is 30.7. The number of carbonyl (C=O) groups excluding carboxylic acids is 1. The minimum atomic E-state index is -0.613. The molecule has 3 N–H and O–H groups in total. The van der Waals surface area contributed by atoms with Crippen LogP contribution in [0.25, 0.3) is 0 Å². The number of nitro benzene ring substituents is 1. The van der Waals surface area contributed by atoms with Crippen molar-refractivity contribution in [1.29, 1.82) is 0 Å². The molecular formula is C25H31Cl2N5O5. The van der Waals surface area contributed by atoms with Gasteiger partial charge in [0.25, 0.3) is 5.69 Å². The van der Waals surface area contributed by atoms with Crippen LogP contribution in [0.4, 0.5) is 11.6 Å². The molecule has 3 aromatic rings. The molecule has 0 radical (unpaired) electrons. The highest BCUT2D eigenvalue weighted by molar-refractivity contribution is 5.92. The van der Waals surface area contributed by atoms with E-state index in [1.54, 1.807) is 32.2 Å². The summed E-state index contributed by atoms with van der Waals surface area (Å²) in [6.07, 6.45) is 1.77. The second-order valence-electron chi connectivity index (χ2n) is 8.24. The Morgan fingerprint density at radius 1 is 1.16 bits per heavy atom. The monoisotopic (exact) mass is 551 g/mol. The Bertz CT molecular complexity index is 1250. The fourth-order valence-corrected chi connectivity index (χ4v) is 4.29. The van der Waals surface area contributed by atoms with Crippen molar-refractivity contribution in [2.75, 3.05) is 19.0 Å². The molecule has 37 heavy (non-hydrogen) atoms. The predicted octanol–water partition coefficient (Wildman–Crippen LogP) is 4.29. The van der Waals surface area contributed by atoms with E-state index in [9.17, 15) is 14.9 Å². The van der Waals surface area contributed by atoms with Crippen LogP contribution < -0.4 is 5.32 Å². The van der Waals surface area contributed by atoms with Gasteiger partial charge in [-0.2, -0.15) is 0 Å². The van der Waals surface area contributed by atoms with E-state index < -0.39 is 16.9 Å². The molecule has 1 aliphatic heterocycles. The highest BCUT2D eigenvalue weighted by Gasteiger charge is 2.35. The minimum Gasteiger partial charge on any atom is -0.463 e. The second-order valence-corrected chi connectivity index (χ2v) is 8.24. The Labute approximate surface area is 227 Å². The largest absolute Gasteiger partial charge is 0.463 e. The van der Waals surface area contributed by atoms with Gasteiger partial charge in [0.05, 0.1) is 35.0 Å². The van der Waals surface area contributed by atoms with Gasteiger partial charge in [0, 0.05) is 30.9 Å². The zero-order chi connectivity index (χ0) is 24.2. The smallest absolute Gasteiger partial charge is 0.338 e. The van der Waals surface area contributed by atoms with Gasteiger partial charge in [-0.25, -0.2) is 9.78 Å². The van der Waals surface area contributed by atoms with E-state index in [1.165, 1.54) is 17.7 Å². The molecule has 0 fully saturated rings. The number of esters is 1. The molecule has 0 spiro atoms. The van der Waals surface area contributed by atoms with Crippen LogP contribution in [-0.2, 0) is 22.6 Å². The molecule has 0 amide bonds. The van der Waals surface area contributed by atoms with Crippen LogP contribution >= 0.6 is 24.8 Å². The number of nitrogens with one attached hydrogen (secondary N) is 1. The Balaban J connectivity index is 0.00000228. The lowest BCUT2D eigenvalue weighted by atomic mass is 9.94. The number of hydrogen-bond donors (Lipinski definition) is 1. The fraction of sp³-hybridized carbons (Fsp3) is 0.280. The Morgan fingerprint density at radius 2 is 1.86 bits per heavy atom. The first-order valence-corrected chi connectivity index (χ1v) is 11.1. The highest BCUT2D eigenvalue weighted by Crippen LogP contribution is 2.38. The van der Waals surface area contributed by atoms with Gasteiger partial charge in [-0.1, -0.05) is 42.5 Å². The van der Waals surface area contributed by atoms with E-state index in [4.69, 9.17) is 4.74 Å². The van der Waals surface area contributed by atoms with Gasteiger partial charge in [-0.3, -0.25) is 15.0 Å². The van der Waals surface area contributed by atoms with E-state index in [0.717, 1.165) is 12.2 Å². The van der Waals surface area contributed by atoms with Crippen molar-refractivity contribution < 1.29 is 19.9 Å². The second kappa shape index (κ2) is 13.8. The summed E-state index contributed by atoms with van der Waals surface area (Å²) in [5.74, 6) is 0.108. The lowest BCUT2D eigenvalue weighted by Gasteiger charge is -2.31. The molecule has 1 atom stereocenters. The van der Waals surface area contributed by atoms with Crippen molar-refractivity contribution in [2.45, 2.75) is 33.0 Å². The van der Waals surface area contributed by atoms with E-state index in [0.29, 0.717) is 29.3 Å². The van der Waals surface area contributed by atoms with Crippen molar-refractivity contribution in [1.82, 2.24) is 14.5 Å². The molecule has 200 valence electrons. The lowest BCUT2D eigenvalue weighted by molar-refractivity contribution is -0.384. The number of halogens is 2. The third-order valence-electron chi connectivity index (χ3n) is 5.73. The highest BCUT2D eigenvalue weighted by atomic mass is 35.5. The topological polar surface area (TPSA) is 134 Å². The molecule has 1 aliphatic rings. The Morgan fingerprint density at radius 3 is 2.51 bits per heavy atom. The van der Waals surface area contributed by atoms with Gasteiger partial charge in [-0.05, 0) is 32.0 Å². The number of benzene rings is 2. The standard InChI is InChI=1S/C25H27N5O4.2ClH.H2O/c1-4-34-24(31)22-17(2)27-25-26-14-21(16-28(3)15-18-9-6-5-7-10-18)29(25)23(22)19-11-8-12-20(13-19)30(32)33;;;/h5-14,23H,4,15-16H2,1-3H3,(H,26,27);2*1H;1H2. The fourth-order valence-electron chi connectivity index (χ4n) is 4.29. The first-order valence-electron chi connectivity index (χ1n) is 11.1. The summed E-state index contributed by atoms with van der Waals surface area (Å²) in [7, 11) is 2.01. The number of fused-ring (bicyclic) bond motifs is 1. The summed E-state index contributed by atoms with van der Waals surface area (Å²) in [5.41, 5.74) is 3.63. The van der Waals surface area contributed by atoms with Gasteiger partial charge in [0.1, 0.15) is 0 Å².